The van der Waals surface area contributed by atoms with Gasteiger partial charge in [-0.3, -0.25) is 4.99 Å². The molecule has 1 heterocycles. The van der Waals surface area contributed by atoms with Gasteiger partial charge in [0.15, 0.2) is 5.96 Å². The molecule has 0 radical (unpaired) electrons. The molecule has 1 aromatic heterocycles. The van der Waals surface area contributed by atoms with Crippen molar-refractivity contribution in [3.63, 3.8) is 0 Å². The van der Waals surface area contributed by atoms with Crippen molar-refractivity contribution in [3.05, 3.63) is 18.2 Å². The van der Waals surface area contributed by atoms with E-state index >= 15 is 0 Å². The lowest BCUT2D eigenvalue weighted by Crippen LogP contribution is -2.41. The third-order valence-electron chi connectivity index (χ3n) is 3.68. The van der Waals surface area contributed by atoms with Crippen LogP contribution in [-0.2, 0) is 17.8 Å². The molecule has 0 bridgehead atoms. The molecular formula is C17H34N6O. The molecule has 0 saturated carbocycles. The average Bonchev–Trinajstić information content (AvgIpc) is 2.97. The Kier molecular flexibility index (Phi) is 10.1. The number of hydrogen-bond donors (Lipinski definition) is 2. The molecule has 1 rings (SSSR count). The van der Waals surface area contributed by atoms with Gasteiger partial charge in [0.05, 0.1) is 6.54 Å². The van der Waals surface area contributed by atoms with Crippen molar-refractivity contribution in [3.8, 4) is 0 Å². The number of nitrogens with zero attached hydrogens (tertiary/aromatic N) is 4. The molecule has 138 valence electrons. The molecule has 7 nitrogen and oxygen atoms in total. The first kappa shape index (κ1) is 20.4. The van der Waals surface area contributed by atoms with E-state index in [0.717, 1.165) is 51.0 Å². The fourth-order valence-electron chi connectivity index (χ4n) is 2.41. The van der Waals surface area contributed by atoms with E-state index in [2.05, 4.69) is 51.0 Å². The summed E-state index contributed by atoms with van der Waals surface area (Å²) in [5, 5.41) is 6.67. The van der Waals surface area contributed by atoms with E-state index in [4.69, 9.17) is 4.74 Å². The first-order chi connectivity index (χ1) is 11.6. The van der Waals surface area contributed by atoms with E-state index < -0.39 is 0 Å². The molecule has 0 saturated heterocycles. The van der Waals surface area contributed by atoms with E-state index in [9.17, 15) is 0 Å². The predicted octanol–water partition coefficient (Wildman–Crippen LogP) is 1.17. The van der Waals surface area contributed by atoms with Crippen LogP contribution in [-0.4, -0.2) is 67.9 Å². The van der Waals surface area contributed by atoms with Crippen molar-refractivity contribution in [1.29, 1.82) is 0 Å². The van der Waals surface area contributed by atoms with E-state index in [1.54, 1.807) is 14.2 Å². The van der Waals surface area contributed by atoms with Crippen molar-refractivity contribution in [2.75, 3.05) is 47.4 Å². The summed E-state index contributed by atoms with van der Waals surface area (Å²) >= 11 is 0. The minimum Gasteiger partial charge on any atom is -0.385 e. The van der Waals surface area contributed by atoms with E-state index in [0.29, 0.717) is 12.5 Å². The van der Waals surface area contributed by atoms with Gasteiger partial charge in [-0.15, -0.1) is 0 Å². The van der Waals surface area contributed by atoms with Crippen molar-refractivity contribution in [2.24, 2.45) is 10.9 Å². The minimum absolute atomic E-state index is 0.601. The molecular weight excluding hydrogens is 304 g/mol. The molecule has 0 aromatic carbocycles. The minimum atomic E-state index is 0.601. The van der Waals surface area contributed by atoms with Crippen LogP contribution in [0, 0.1) is 5.92 Å². The van der Waals surface area contributed by atoms with Crippen LogP contribution in [0.3, 0.4) is 0 Å². The third kappa shape index (κ3) is 8.31. The number of hydrogen-bond acceptors (Lipinski definition) is 4. The summed E-state index contributed by atoms with van der Waals surface area (Å²) in [4.78, 5) is 11.0. The third-order valence-corrected chi connectivity index (χ3v) is 3.68. The standard InChI is InChI=1S/C17H34N6O/c1-15(2)14-23-11-8-19-16(23)13-21-17(18-3)20-7-10-22(4)9-6-12-24-5/h8,11,15H,6-7,9-10,12-14H2,1-5H3,(H2,18,20,21). The van der Waals surface area contributed by atoms with Crippen LogP contribution < -0.4 is 10.6 Å². The second kappa shape index (κ2) is 11.9. The Balaban J connectivity index is 2.29. The lowest BCUT2D eigenvalue weighted by Gasteiger charge is -2.18. The SMILES string of the molecule is CN=C(NCCN(C)CCCOC)NCc1nccn1CC(C)C. The fraction of sp³-hybridized carbons (Fsp3) is 0.765. The second-order valence-electron chi connectivity index (χ2n) is 6.39. The zero-order valence-corrected chi connectivity index (χ0v) is 15.9. The van der Waals surface area contributed by atoms with Gasteiger partial charge in [-0.25, -0.2) is 4.98 Å². The Bertz CT molecular complexity index is 471. The number of imidazole rings is 1. The van der Waals surface area contributed by atoms with Gasteiger partial charge in [0.1, 0.15) is 5.82 Å². The Morgan fingerprint density at radius 1 is 1.38 bits per heavy atom. The highest BCUT2D eigenvalue weighted by molar-refractivity contribution is 5.79. The Labute approximate surface area is 146 Å². The molecule has 0 aliphatic rings. The summed E-state index contributed by atoms with van der Waals surface area (Å²) in [6, 6.07) is 0. The lowest BCUT2D eigenvalue weighted by molar-refractivity contribution is 0.180. The number of ether oxygens (including phenoxy) is 1. The van der Waals surface area contributed by atoms with Gasteiger partial charge in [0.2, 0.25) is 0 Å². The highest BCUT2D eigenvalue weighted by Gasteiger charge is 2.06. The van der Waals surface area contributed by atoms with E-state index in [1.165, 1.54) is 0 Å². The molecule has 0 atom stereocenters. The van der Waals surface area contributed by atoms with E-state index in [-0.39, 0.29) is 0 Å². The highest BCUT2D eigenvalue weighted by Crippen LogP contribution is 2.03. The Morgan fingerprint density at radius 3 is 2.83 bits per heavy atom. The number of nitrogens with one attached hydrogen (secondary N) is 2. The lowest BCUT2D eigenvalue weighted by atomic mass is 10.2. The van der Waals surface area contributed by atoms with Crippen LogP contribution in [0.4, 0.5) is 0 Å². The zero-order chi connectivity index (χ0) is 17.8. The molecule has 2 N–H and O–H groups in total. The molecule has 0 aliphatic carbocycles. The van der Waals surface area contributed by atoms with Gasteiger partial charge in [-0.2, -0.15) is 0 Å². The van der Waals surface area contributed by atoms with Crippen molar-refractivity contribution >= 4 is 5.96 Å². The largest absolute Gasteiger partial charge is 0.385 e. The maximum atomic E-state index is 5.07. The fourth-order valence-corrected chi connectivity index (χ4v) is 2.41. The van der Waals surface area contributed by atoms with Gasteiger partial charge in [0.25, 0.3) is 0 Å². The summed E-state index contributed by atoms with van der Waals surface area (Å²) in [5.41, 5.74) is 0. The summed E-state index contributed by atoms with van der Waals surface area (Å²) in [7, 11) is 5.65. The number of guanidine groups is 1. The summed E-state index contributed by atoms with van der Waals surface area (Å²) < 4.78 is 7.26. The topological polar surface area (TPSA) is 66.7 Å². The van der Waals surface area contributed by atoms with E-state index in [1.807, 2.05) is 12.4 Å². The first-order valence-electron chi connectivity index (χ1n) is 8.68. The van der Waals surface area contributed by atoms with Gasteiger partial charge < -0.3 is 24.8 Å². The van der Waals surface area contributed by atoms with Crippen LogP contribution >= 0.6 is 0 Å². The molecule has 0 spiro atoms. The smallest absolute Gasteiger partial charge is 0.191 e. The Morgan fingerprint density at radius 2 is 2.17 bits per heavy atom. The van der Waals surface area contributed by atoms with Crippen molar-refractivity contribution < 1.29 is 4.74 Å². The highest BCUT2D eigenvalue weighted by atomic mass is 16.5. The second-order valence-corrected chi connectivity index (χ2v) is 6.39. The molecule has 0 amide bonds. The van der Waals surface area contributed by atoms with Gasteiger partial charge in [-0.1, -0.05) is 13.8 Å². The first-order valence-corrected chi connectivity index (χ1v) is 8.68. The number of rotatable bonds is 11. The quantitative estimate of drug-likeness (QED) is 0.360. The zero-order valence-electron chi connectivity index (χ0n) is 15.9. The molecule has 1 aromatic rings. The van der Waals surface area contributed by atoms with Crippen LogP contribution in [0.5, 0.6) is 0 Å². The monoisotopic (exact) mass is 338 g/mol. The Hall–Kier alpha value is -1.60. The number of likely N-dealkylation sites (N-methyl/N-ethyl adjacent to an activating group) is 1. The summed E-state index contributed by atoms with van der Waals surface area (Å²) in [6.45, 7) is 9.73. The maximum Gasteiger partial charge on any atom is 0.191 e. The van der Waals surface area contributed by atoms with Crippen molar-refractivity contribution in [1.82, 2.24) is 25.1 Å². The van der Waals surface area contributed by atoms with Crippen LogP contribution in [0.25, 0.3) is 0 Å². The molecule has 7 heteroatoms. The molecule has 0 unspecified atom stereocenters. The van der Waals surface area contributed by atoms with Gasteiger partial charge >= 0.3 is 0 Å². The molecule has 0 fully saturated rings. The van der Waals surface area contributed by atoms with Crippen LogP contribution in [0.1, 0.15) is 26.1 Å². The summed E-state index contributed by atoms with van der Waals surface area (Å²) in [5.74, 6) is 2.44. The maximum absolute atomic E-state index is 5.07. The van der Waals surface area contributed by atoms with Crippen LogP contribution in [0.15, 0.2) is 17.4 Å². The van der Waals surface area contributed by atoms with Crippen molar-refractivity contribution in [2.45, 2.75) is 33.4 Å². The normalized spacial score (nSPS) is 12.2. The van der Waals surface area contributed by atoms with Gasteiger partial charge in [0, 0.05) is 59.3 Å². The molecule has 0 aliphatic heterocycles. The number of methoxy groups -OCH3 is 1. The average molecular weight is 339 g/mol. The summed E-state index contributed by atoms with van der Waals surface area (Å²) in [6.07, 6.45) is 4.94. The number of aromatic nitrogens is 2. The number of aliphatic imine (C=N–C) groups is 1. The van der Waals surface area contributed by atoms with Gasteiger partial charge in [-0.05, 0) is 19.4 Å². The van der Waals surface area contributed by atoms with Crippen LogP contribution in [0.2, 0.25) is 0 Å². The molecule has 24 heavy (non-hydrogen) atoms. The predicted molar refractivity (Wildman–Crippen MR) is 99.3 cm³/mol.